The highest BCUT2D eigenvalue weighted by Gasteiger charge is 2.31. The van der Waals surface area contributed by atoms with Crippen LogP contribution in [0.15, 0.2) is 5.38 Å². The van der Waals surface area contributed by atoms with E-state index in [4.69, 9.17) is 16.2 Å². The SMILES string of the molecule is Nc1nc(CCCNC(=O)[C@@H]2CC[C@H](N)CN(C3CCOCC3)C2)cs1. The van der Waals surface area contributed by atoms with Crippen molar-refractivity contribution in [2.45, 2.75) is 50.6 Å². The number of hydrogen-bond acceptors (Lipinski definition) is 7. The molecule has 0 aliphatic carbocycles. The minimum Gasteiger partial charge on any atom is -0.381 e. The van der Waals surface area contributed by atoms with E-state index in [1.54, 1.807) is 0 Å². The van der Waals surface area contributed by atoms with Gasteiger partial charge in [0.2, 0.25) is 5.91 Å². The predicted octanol–water partition coefficient (Wildman–Crippen LogP) is 0.992. The van der Waals surface area contributed by atoms with Gasteiger partial charge >= 0.3 is 0 Å². The number of nitrogen functional groups attached to an aromatic ring is 1. The van der Waals surface area contributed by atoms with Crippen LogP contribution in [0, 0.1) is 5.92 Å². The van der Waals surface area contributed by atoms with Crippen molar-refractivity contribution in [1.82, 2.24) is 15.2 Å². The van der Waals surface area contributed by atoms with Crippen LogP contribution >= 0.6 is 11.3 Å². The molecule has 2 saturated heterocycles. The lowest BCUT2D eigenvalue weighted by molar-refractivity contribution is -0.125. The van der Waals surface area contributed by atoms with Gasteiger partial charge in [-0.05, 0) is 38.5 Å². The molecule has 8 heteroatoms. The average molecular weight is 382 g/mol. The highest BCUT2D eigenvalue weighted by Crippen LogP contribution is 2.22. The van der Waals surface area contributed by atoms with Crippen LogP contribution in [0.2, 0.25) is 0 Å². The molecule has 0 unspecified atom stereocenters. The van der Waals surface area contributed by atoms with Crippen molar-refractivity contribution >= 4 is 22.4 Å². The number of ether oxygens (including phenoxy) is 1. The first-order valence-electron chi connectivity index (χ1n) is 9.67. The summed E-state index contributed by atoms with van der Waals surface area (Å²) in [5.41, 5.74) is 12.9. The normalized spacial score (nSPS) is 25.7. The minimum absolute atomic E-state index is 0.0290. The molecule has 2 atom stereocenters. The molecule has 0 saturated carbocycles. The highest BCUT2D eigenvalue weighted by atomic mass is 32.1. The van der Waals surface area contributed by atoms with Gasteiger partial charge in [0.05, 0.1) is 11.6 Å². The number of aryl methyl sites for hydroxylation is 1. The number of amides is 1. The average Bonchev–Trinajstić information content (AvgIpc) is 2.96. The van der Waals surface area contributed by atoms with E-state index in [0.29, 0.717) is 17.7 Å². The van der Waals surface area contributed by atoms with E-state index < -0.39 is 0 Å². The third-order valence-electron chi connectivity index (χ3n) is 5.37. The third kappa shape index (κ3) is 5.64. The van der Waals surface area contributed by atoms with Crippen molar-refractivity contribution < 1.29 is 9.53 Å². The summed E-state index contributed by atoms with van der Waals surface area (Å²) in [4.78, 5) is 19.3. The zero-order chi connectivity index (χ0) is 18.4. The predicted molar refractivity (Wildman–Crippen MR) is 104 cm³/mol. The fraction of sp³-hybridized carbons (Fsp3) is 0.778. The number of likely N-dealkylation sites (tertiary alicyclic amines) is 1. The van der Waals surface area contributed by atoms with Gasteiger partial charge in [0.1, 0.15) is 0 Å². The molecule has 5 N–H and O–H groups in total. The lowest BCUT2D eigenvalue weighted by Crippen LogP contribution is -2.47. The van der Waals surface area contributed by atoms with Crippen LogP contribution in [0.4, 0.5) is 5.13 Å². The Bertz CT molecular complexity index is 576. The topological polar surface area (TPSA) is 106 Å². The van der Waals surface area contributed by atoms with Gasteiger partial charge < -0.3 is 21.5 Å². The highest BCUT2D eigenvalue weighted by molar-refractivity contribution is 7.13. The molecule has 2 aliphatic rings. The number of nitrogens with two attached hydrogens (primary N) is 2. The Hall–Kier alpha value is -1.22. The van der Waals surface area contributed by atoms with Gasteiger partial charge in [-0.25, -0.2) is 4.98 Å². The molecule has 1 aromatic heterocycles. The number of thiazole rings is 1. The van der Waals surface area contributed by atoms with Crippen LogP contribution in [0.5, 0.6) is 0 Å². The number of carbonyl (C=O) groups excluding carboxylic acids is 1. The molecule has 2 fully saturated rings. The number of carbonyl (C=O) groups is 1. The monoisotopic (exact) mass is 381 g/mol. The molecule has 3 rings (SSSR count). The van der Waals surface area contributed by atoms with Crippen molar-refractivity contribution in [3.05, 3.63) is 11.1 Å². The Morgan fingerprint density at radius 3 is 2.85 bits per heavy atom. The Labute approximate surface area is 159 Å². The van der Waals surface area contributed by atoms with Crippen LogP contribution in [0.3, 0.4) is 0 Å². The van der Waals surface area contributed by atoms with Gasteiger partial charge in [-0.3, -0.25) is 9.69 Å². The fourth-order valence-electron chi connectivity index (χ4n) is 3.88. The first kappa shape index (κ1) is 19.5. The number of aromatic nitrogens is 1. The molecule has 146 valence electrons. The Kier molecular flexibility index (Phi) is 7.24. The zero-order valence-electron chi connectivity index (χ0n) is 15.4. The fourth-order valence-corrected chi connectivity index (χ4v) is 4.48. The molecule has 7 nitrogen and oxygen atoms in total. The van der Waals surface area contributed by atoms with E-state index in [9.17, 15) is 4.79 Å². The van der Waals surface area contributed by atoms with Gasteiger partial charge in [0, 0.05) is 50.3 Å². The molecular weight excluding hydrogens is 350 g/mol. The van der Waals surface area contributed by atoms with E-state index in [1.165, 1.54) is 11.3 Å². The maximum atomic E-state index is 12.7. The number of anilines is 1. The summed E-state index contributed by atoms with van der Waals surface area (Å²) in [6, 6.07) is 0.657. The summed E-state index contributed by atoms with van der Waals surface area (Å²) < 4.78 is 5.48. The summed E-state index contributed by atoms with van der Waals surface area (Å²) >= 11 is 1.46. The summed E-state index contributed by atoms with van der Waals surface area (Å²) in [5.74, 6) is 0.190. The summed E-state index contributed by atoms with van der Waals surface area (Å²) in [7, 11) is 0. The second kappa shape index (κ2) is 9.64. The molecule has 0 bridgehead atoms. The number of nitrogens with one attached hydrogen (secondary N) is 1. The molecule has 0 aromatic carbocycles. The van der Waals surface area contributed by atoms with Crippen LogP contribution in [0.1, 0.15) is 37.8 Å². The van der Waals surface area contributed by atoms with Gasteiger partial charge in [0.15, 0.2) is 5.13 Å². The maximum absolute atomic E-state index is 12.7. The smallest absolute Gasteiger partial charge is 0.224 e. The van der Waals surface area contributed by atoms with Gasteiger partial charge in [0.25, 0.3) is 0 Å². The van der Waals surface area contributed by atoms with Gasteiger partial charge in [-0.2, -0.15) is 0 Å². The standard InChI is InChI=1S/C18H31N5O2S/c19-14-4-3-13(10-23(11-14)16-5-8-25-9-6-16)17(24)21-7-1-2-15-12-26-18(20)22-15/h12-14,16H,1-11,19H2,(H2,20,22)(H,21,24)/t13-,14+/m1/s1. The summed E-state index contributed by atoms with van der Waals surface area (Å²) in [6.45, 7) is 4.01. The van der Waals surface area contributed by atoms with E-state index in [1.807, 2.05) is 5.38 Å². The van der Waals surface area contributed by atoms with E-state index >= 15 is 0 Å². The third-order valence-corrected chi connectivity index (χ3v) is 6.09. The van der Waals surface area contributed by atoms with E-state index in [-0.39, 0.29) is 17.9 Å². The van der Waals surface area contributed by atoms with Crippen molar-refractivity contribution in [3.63, 3.8) is 0 Å². The molecule has 1 amide bonds. The maximum Gasteiger partial charge on any atom is 0.224 e. The quantitative estimate of drug-likeness (QED) is 0.635. The van der Waals surface area contributed by atoms with E-state index in [0.717, 1.165) is 70.5 Å². The Morgan fingerprint density at radius 2 is 2.12 bits per heavy atom. The first-order valence-corrected chi connectivity index (χ1v) is 10.5. The number of nitrogens with zero attached hydrogens (tertiary/aromatic N) is 2. The second-order valence-electron chi connectivity index (χ2n) is 7.40. The molecule has 1 aromatic rings. The zero-order valence-corrected chi connectivity index (χ0v) is 16.2. The van der Waals surface area contributed by atoms with Gasteiger partial charge in [-0.1, -0.05) is 0 Å². The Morgan fingerprint density at radius 1 is 1.31 bits per heavy atom. The molecule has 0 spiro atoms. The molecule has 26 heavy (non-hydrogen) atoms. The summed E-state index contributed by atoms with van der Waals surface area (Å²) in [6.07, 6.45) is 5.59. The number of rotatable bonds is 6. The summed E-state index contributed by atoms with van der Waals surface area (Å²) in [5, 5.41) is 5.69. The second-order valence-corrected chi connectivity index (χ2v) is 8.29. The van der Waals surface area contributed by atoms with Crippen LogP contribution in [-0.2, 0) is 16.0 Å². The van der Waals surface area contributed by atoms with E-state index in [2.05, 4.69) is 15.2 Å². The lowest BCUT2D eigenvalue weighted by atomic mass is 10.0. The minimum atomic E-state index is 0.0290. The molecule has 0 radical (unpaired) electrons. The molecular formula is C18H31N5O2S. The molecule has 2 aliphatic heterocycles. The van der Waals surface area contributed by atoms with Crippen LogP contribution < -0.4 is 16.8 Å². The van der Waals surface area contributed by atoms with Crippen LogP contribution in [-0.4, -0.2) is 60.7 Å². The van der Waals surface area contributed by atoms with Crippen molar-refractivity contribution in [3.8, 4) is 0 Å². The largest absolute Gasteiger partial charge is 0.381 e. The van der Waals surface area contributed by atoms with Crippen molar-refractivity contribution in [2.75, 3.05) is 38.6 Å². The lowest BCUT2D eigenvalue weighted by Gasteiger charge is -2.35. The van der Waals surface area contributed by atoms with Crippen molar-refractivity contribution in [1.29, 1.82) is 0 Å². The Balaban J connectivity index is 1.45. The van der Waals surface area contributed by atoms with Crippen LogP contribution in [0.25, 0.3) is 0 Å². The number of hydrogen-bond donors (Lipinski definition) is 3. The van der Waals surface area contributed by atoms with Crippen molar-refractivity contribution in [2.24, 2.45) is 11.7 Å². The van der Waals surface area contributed by atoms with Gasteiger partial charge in [-0.15, -0.1) is 11.3 Å². The molecule has 3 heterocycles. The first-order chi connectivity index (χ1) is 12.6.